The van der Waals surface area contributed by atoms with Gasteiger partial charge < -0.3 is 23.9 Å². The van der Waals surface area contributed by atoms with Crippen LogP contribution < -0.4 is 19.8 Å². The summed E-state index contributed by atoms with van der Waals surface area (Å²) in [6.45, 7) is 10.1. The van der Waals surface area contributed by atoms with Crippen LogP contribution in [-0.2, 0) is 0 Å². The standard InChI is InChI=1S/C31H33ClN2O5/c1-20-13-21(2)15-25(14-20)39-30-19-38-29-16-24(7-8-26(29)31(30)36)37-18-23(35)17-33-9-11-34(12-10-33)28-6-4-5-27(32)22(28)3/h4-8,13-16,19,23,35H,9-12,17-18H2,1-3H3/t23-/m1/s1. The molecular weight excluding hydrogens is 516 g/mol. The zero-order valence-corrected chi connectivity index (χ0v) is 23.2. The Bertz CT molecular complexity index is 1510. The van der Waals surface area contributed by atoms with Crippen molar-refractivity contribution in [2.45, 2.75) is 26.9 Å². The second kappa shape index (κ2) is 11.7. The molecular formula is C31H33ClN2O5. The molecule has 39 heavy (non-hydrogen) atoms. The molecule has 0 amide bonds. The molecule has 204 valence electrons. The van der Waals surface area contributed by atoms with Crippen LogP contribution in [0.2, 0.25) is 5.02 Å². The second-order valence-corrected chi connectivity index (χ2v) is 10.6. The highest BCUT2D eigenvalue weighted by Crippen LogP contribution is 2.28. The average Bonchev–Trinajstić information content (AvgIpc) is 2.91. The molecule has 4 aromatic rings. The summed E-state index contributed by atoms with van der Waals surface area (Å²) in [7, 11) is 0. The lowest BCUT2D eigenvalue weighted by Gasteiger charge is -2.37. The van der Waals surface area contributed by atoms with Gasteiger partial charge in [-0.2, -0.15) is 0 Å². The molecule has 1 aliphatic heterocycles. The van der Waals surface area contributed by atoms with Crippen molar-refractivity contribution in [3.8, 4) is 17.2 Å². The Kier molecular flexibility index (Phi) is 8.12. The largest absolute Gasteiger partial charge is 0.491 e. The number of halogens is 1. The number of ether oxygens (including phenoxy) is 2. The monoisotopic (exact) mass is 548 g/mol. The molecule has 0 aliphatic carbocycles. The summed E-state index contributed by atoms with van der Waals surface area (Å²) in [5.74, 6) is 1.24. The van der Waals surface area contributed by atoms with E-state index < -0.39 is 6.10 Å². The summed E-state index contributed by atoms with van der Waals surface area (Å²) in [6, 6.07) is 16.8. The molecule has 0 bridgehead atoms. The van der Waals surface area contributed by atoms with E-state index >= 15 is 0 Å². The van der Waals surface area contributed by atoms with Crippen LogP contribution in [0.1, 0.15) is 16.7 Å². The number of benzene rings is 3. The number of aliphatic hydroxyl groups is 1. The molecule has 1 fully saturated rings. The molecule has 1 aromatic heterocycles. The summed E-state index contributed by atoms with van der Waals surface area (Å²) in [6.07, 6.45) is 0.673. The molecule has 1 aliphatic rings. The van der Waals surface area contributed by atoms with Crippen molar-refractivity contribution in [3.63, 3.8) is 0 Å². The molecule has 0 unspecified atom stereocenters. The van der Waals surface area contributed by atoms with Crippen LogP contribution in [0, 0.1) is 20.8 Å². The summed E-state index contributed by atoms with van der Waals surface area (Å²) < 4.78 is 17.4. The SMILES string of the molecule is Cc1cc(C)cc(Oc2coc3cc(OC[C@H](O)CN4CCN(c5cccc(Cl)c5C)CC4)ccc3c2=O)c1. The van der Waals surface area contributed by atoms with Gasteiger partial charge in [-0.25, -0.2) is 0 Å². The molecule has 0 spiro atoms. The van der Waals surface area contributed by atoms with Crippen LogP contribution in [0.25, 0.3) is 11.0 Å². The Labute approximate surface area is 233 Å². The van der Waals surface area contributed by atoms with Crippen molar-refractivity contribution in [2.24, 2.45) is 0 Å². The predicted molar refractivity (Wildman–Crippen MR) is 155 cm³/mol. The van der Waals surface area contributed by atoms with Gasteiger partial charge in [0.1, 0.15) is 36.1 Å². The number of nitrogens with zero attached hydrogens (tertiary/aromatic N) is 2. The van der Waals surface area contributed by atoms with Crippen LogP contribution in [-0.4, -0.2) is 55.4 Å². The van der Waals surface area contributed by atoms with Gasteiger partial charge in [0.25, 0.3) is 0 Å². The maximum absolute atomic E-state index is 13.0. The number of aryl methyl sites for hydroxylation is 2. The summed E-state index contributed by atoms with van der Waals surface area (Å²) in [4.78, 5) is 17.5. The quantitative estimate of drug-likeness (QED) is 0.301. The normalized spacial score (nSPS) is 14.9. The molecule has 1 N–H and O–H groups in total. The van der Waals surface area contributed by atoms with Gasteiger partial charge in [-0.05, 0) is 73.9 Å². The number of piperazine rings is 1. The molecule has 8 heteroatoms. The fraction of sp³-hybridized carbons (Fsp3) is 0.323. The highest BCUT2D eigenvalue weighted by molar-refractivity contribution is 6.31. The Hall–Kier alpha value is -3.52. The molecule has 0 radical (unpaired) electrons. The van der Waals surface area contributed by atoms with Gasteiger partial charge >= 0.3 is 0 Å². The van der Waals surface area contributed by atoms with E-state index in [0.717, 1.165) is 53.6 Å². The van der Waals surface area contributed by atoms with Gasteiger partial charge in [-0.3, -0.25) is 9.69 Å². The molecule has 0 saturated carbocycles. The van der Waals surface area contributed by atoms with Gasteiger partial charge in [0, 0.05) is 49.5 Å². The first kappa shape index (κ1) is 27.1. The van der Waals surface area contributed by atoms with Crippen molar-refractivity contribution < 1.29 is 19.0 Å². The van der Waals surface area contributed by atoms with E-state index in [0.29, 0.717) is 29.0 Å². The number of aliphatic hydroxyl groups excluding tert-OH is 1. The average molecular weight is 549 g/mol. The molecule has 1 atom stereocenters. The highest BCUT2D eigenvalue weighted by Gasteiger charge is 2.21. The van der Waals surface area contributed by atoms with Crippen LogP contribution in [0.4, 0.5) is 5.69 Å². The zero-order chi connectivity index (χ0) is 27.5. The maximum Gasteiger partial charge on any atom is 0.235 e. The van der Waals surface area contributed by atoms with Gasteiger partial charge in [0.2, 0.25) is 11.2 Å². The molecule has 3 aromatic carbocycles. The Morgan fingerprint density at radius 3 is 2.46 bits per heavy atom. The number of anilines is 1. The van der Waals surface area contributed by atoms with Gasteiger partial charge in [-0.1, -0.05) is 23.7 Å². The molecule has 7 nitrogen and oxygen atoms in total. The molecule has 2 heterocycles. The topological polar surface area (TPSA) is 75.4 Å². The van der Waals surface area contributed by atoms with E-state index in [4.69, 9.17) is 25.5 Å². The van der Waals surface area contributed by atoms with Crippen molar-refractivity contribution >= 4 is 28.3 Å². The Morgan fingerprint density at radius 2 is 1.72 bits per heavy atom. The number of hydrogen-bond acceptors (Lipinski definition) is 7. The minimum absolute atomic E-state index is 0.127. The van der Waals surface area contributed by atoms with Gasteiger partial charge in [0.05, 0.1) is 5.39 Å². The minimum Gasteiger partial charge on any atom is -0.491 e. The summed E-state index contributed by atoms with van der Waals surface area (Å²) in [5, 5.41) is 11.8. The first-order valence-corrected chi connectivity index (χ1v) is 13.5. The van der Waals surface area contributed by atoms with Crippen molar-refractivity contribution in [1.82, 2.24) is 4.90 Å². The van der Waals surface area contributed by atoms with Gasteiger partial charge in [-0.15, -0.1) is 0 Å². The predicted octanol–water partition coefficient (Wildman–Crippen LogP) is 5.73. The summed E-state index contributed by atoms with van der Waals surface area (Å²) in [5.41, 5.74) is 4.50. The van der Waals surface area contributed by atoms with Crippen molar-refractivity contribution in [1.29, 1.82) is 0 Å². The third-order valence-corrected chi connectivity index (χ3v) is 7.41. The Balaban J connectivity index is 1.15. The van der Waals surface area contributed by atoms with Crippen LogP contribution in [0.3, 0.4) is 0 Å². The molecule has 5 rings (SSSR count). The second-order valence-electron chi connectivity index (χ2n) is 10.1. The van der Waals surface area contributed by atoms with Crippen molar-refractivity contribution in [3.05, 3.63) is 92.8 Å². The lowest BCUT2D eigenvalue weighted by Crippen LogP contribution is -2.49. The maximum atomic E-state index is 13.0. The highest BCUT2D eigenvalue weighted by atomic mass is 35.5. The van der Waals surface area contributed by atoms with E-state index in [-0.39, 0.29) is 17.8 Å². The minimum atomic E-state index is -0.652. The summed E-state index contributed by atoms with van der Waals surface area (Å²) >= 11 is 6.29. The molecule has 1 saturated heterocycles. The van der Waals surface area contributed by atoms with E-state index in [2.05, 4.69) is 15.9 Å². The van der Waals surface area contributed by atoms with Crippen LogP contribution in [0.15, 0.2) is 70.1 Å². The lowest BCUT2D eigenvalue weighted by molar-refractivity contribution is 0.0663. The third-order valence-electron chi connectivity index (χ3n) is 7.00. The first-order chi connectivity index (χ1) is 18.8. The third kappa shape index (κ3) is 6.38. The lowest BCUT2D eigenvalue weighted by atomic mass is 10.1. The number of hydrogen-bond donors (Lipinski definition) is 1. The van der Waals surface area contributed by atoms with E-state index in [1.165, 1.54) is 6.26 Å². The van der Waals surface area contributed by atoms with Crippen LogP contribution in [0.5, 0.6) is 17.2 Å². The van der Waals surface area contributed by atoms with E-state index in [9.17, 15) is 9.90 Å². The number of fused-ring (bicyclic) bond motifs is 1. The Morgan fingerprint density at radius 1 is 0.974 bits per heavy atom. The van der Waals surface area contributed by atoms with Gasteiger partial charge in [0.15, 0.2) is 0 Å². The van der Waals surface area contributed by atoms with Crippen LogP contribution >= 0.6 is 11.6 Å². The van der Waals surface area contributed by atoms with E-state index in [1.54, 1.807) is 18.2 Å². The fourth-order valence-corrected chi connectivity index (χ4v) is 5.19. The fourth-order valence-electron chi connectivity index (χ4n) is 5.02. The first-order valence-electron chi connectivity index (χ1n) is 13.1. The number of rotatable bonds is 8. The van der Waals surface area contributed by atoms with Crippen molar-refractivity contribution in [2.75, 3.05) is 44.2 Å². The zero-order valence-electron chi connectivity index (χ0n) is 22.4. The number of β-amino-alcohol motifs (C(OH)–C–C–N with tert-alkyl or cyclic N) is 1. The van der Waals surface area contributed by atoms with E-state index in [1.807, 2.05) is 51.1 Å². The smallest absolute Gasteiger partial charge is 0.235 e.